The molecule has 37 heavy (non-hydrogen) atoms. The number of anilines is 1. The molecule has 2 amide bonds. The summed E-state index contributed by atoms with van der Waals surface area (Å²) in [6.07, 6.45) is 15.7. The number of aromatic nitrogens is 2. The van der Waals surface area contributed by atoms with Crippen molar-refractivity contribution in [3.05, 3.63) is 46.9 Å². The van der Waals surface area contributed by atoms with Crippen LogP contribution in [0.2, 0.25) is 0 Å². The number of piperidine rings is 1. The molecule has 8 nitrogen and oxygen atoms in total. The molecule has 4 heterocycles. The van der Waals surface area contributed by atoms with Gasteiger partial charge in [0.05, 0.1) is 22.9 Å². The Labute approximate surface area is 217 Å². The van der Waals surface area contributed by atoms with Crippen LogP contribution in [0.1, 0.15) is 76.7 Å². The molecule has 2 saturated heterocycles. The lowest BCUT2D eigenvalue weighted by atomic mass is 9.76. The molecule has 5 aliphatic rings. The molecule has 194 valence electrons. The second-order valence-corrected chi connectivity index (χ2v) is 11.9. The number of para-hydroxylation sites is 2. The van der Waals surface area contributed by atoms with Gasteiger partial charge in [-0.3, -0.25) is 9.69 Å². The van der Waals surface area contributed by atoms with Crippen molar-refractivity contribution in [3.63, 3.8) is 0 Å². The van der Waals surface area contributed by atoms with Gasteiger partial charge in [0.1, 0.15) is 0 Å². The Balaban J connectivity index is 1.22. The Bertz CT molecular complexity index is 1310. The van der Waals surface area contributed by atoms with E-state index in [9.17, 15) is 9.59 Å². The SMILES string of the molecule is C=C1C=NN(c2nc3ccccc3n(C3C[C@H]4CC[C@@H](C3)N4C3C[C@H]4CCCC[C@@H](C3)C4)c2=O)C(=O)N1. The number of nitrogens with zero attached hydrogens (tertiary/aromatic N) is 5. The summed E-state index contributed by atoms with van der Waals surface area (Å²) in [5.41, 5.74) is 1.69. The highest BCUT2D eigenvalue weighted by Crippen LogP contribution is 2.48. The molecule has 6 atom stereocenters. The van der Waals surface area contributed by atoms with Crippen LogP contribution < -0.4 is 15.9 Å². The number of hydrogen-bond acceptors (Lipinski definition) is 5. The van der Waals surface area contributed by atoms with Crippen LogP contribution in [-0.4, -0.2) is 44.8 Å². The average Bonchev–Trinajstić information content (AvgIpc) is 3.04. The first-order valence-electron chi connectivity index (χ1n) is 14.2. The molecule has 0 spiro atoms. The molecule has 2 saturated carbocycles. The van der Waals surface area contributed by atoms with E-state index in [0.717, 1.165) is 35.2 Å². The van der Waals surface area contributed by atoms with Crippen LogP contribution in [0.25, 0.3) is 11.0 Å². The third kappa shape index (κ3) is 4.00. The summed E-state index contributed by atoms with van der Waals surface area (Å²) in [5.74, 6) is 1.86. The smallest absolute Gasteiger partial charge is 0.305 e. The Morgan fingerprint density at radius 2 is 1.54 bits per heavy atom. The van der Waals surface area contributed by atoms with Gasteiger partial charge in [-0.2, -0.15) is 10.1 Å². The van der Waals surface area contributed by atoms with Gasteiger partial charge in [-0.1, -0.05) is 44.4 Å². The predicted octanol–water partition coefficient (Wildman–Crippen LogP) is 4.95. The van der Waals surface area contributed by atoms with E-state index < -0.39 is 6.03 Å². The number of allylic oxidation sites excluding steroid dienone is 1. The Hall–Kier alpha value is -3.00. The maximum Gasteiger partial charge on any atom is 0.348 e. The number of nitrogens with one attached hydrogen (secondary N) is 1. The zero-order chi connectivity index (χ0) is 25.1. The zero-order valence-corrected chi connectivity index (χ0v) is 21.4. The average molecular weight is 501 g/mol. The number of amides is 2. The Morgan fingerprint density at radius 3 is 2.24 bits per heavy atom. The van der Waals surface area contributed by atoms with Gasteiger partial charge in [0.2, 0.25) is 5.82 Å². The largest absolute Gasteiger partial charge is 0.348 e. The minimum atomic E-state index is -0.507. The van der Waals surface area contributed by atoms with E-state index >= 15 is 0 Å². The number of rotatable bonds is 3. The molecule has 2 aliphatic carbocycles. The number of carbonyl (C=O) groups is 1. The van der Waals surface area contributed by atoms with E-state index in [1.807, 2.05) is 28.8 Å². The second-order valence-electron chi connectivity index (χ2n) is 11.9. The molecular weight excluding hydrogens is 464 g/mol. The molecule has 8 heteroatoms. The molecule has 4 bridgehead atoms. The van der Waals surface area contributed by atoms with E-state index in [1.54, 1.807) is 0 Å². The fraction of sp³-hybridized carbons (Fsp3) is 0.586. The van der Waals surface area contributed by atoms with Crippen LogP contribution in [-0.2, 0) is 0 Å². The van der Waals surface area contributed by atoms with Crippen LogP contribution in [0.5, 0.6) is 0 Å². The lowest BCUT2D eigenvalue weighted by Gasteiger charge is -2.48. The predicted molar refractivity (Wildman–Crippen MR) is 145 cm³/mol. The number of hydrogen-bond donors (Lipinski definition) is 1. The molecular formula is C29H36N6O2. The van der Waals surface area contributed by atoms with Crippen LogP contribution >= 0.6 is 0 Å². The molecule has 2 aromatic rings. The maximum absolute atomic E-state index is 14.0. The van der Waals surface area contributed by atoms with Crippen molar-refractivity contribution in [3.8, 4) is 0 Å². The quantitative estimate of drug-likeness (QED) is 0.646. The second kappa shape index (κ2) is 9.08. The Morgan fingerprint density at radius 1 is 0.838 bits per heavy atom. The van der Waals surface area contributed by atoms with E-state index in [4.69, 9.17) is 0 Å². The molecule has 1 aromatic carbocycles. The van der Waals surface area contributed by atoms with E-state index in [1.165, 1.54) is 64.0 Å². The number of carbonyl (C=O) groups excluding carboxylic acids is 1. The van der Waals surface area contributed by atoms with Gasteiger partial charge in [-0.15, -0.1) is 0 Å². The van der Waals surface area contributed by atoms with Crippen LogP contribution in [0, 0.1) is 11.8 Å². The van der Waals surface area contributed by atoms with Crippen molar-refractivity contribution in [2.75, 3.05) is 5.01 Å². The van der Waals surface area contributed by atoms with Gasteiger partial charge in [-0.05, 0) is 68.9 Å². The first-order valence-corrected chi connectivity index (χ1v) is 14.2. The fourth-order valence-corrected chi connectivity index (χ4v) is 8.30. The summed E-state index contributed by atoms with van der Waals surface area (Å²) in [7, 11) is 0. The summed E-state index contributed by atoms with van der Waals surface area (Å²) >= 11 is 0. The number of urea groups is 1. The normalized spacial score (nSPS) is 34.0. The van der Waals surface area contributed by atoms with Crippen molar-refractivity contribution in [1.29, 1.82) is 0 Å². The molecule has 1 N–H and O–H groups in total. The van der Waals surface area contributed by atoms with Crippen molar-refractivity contribution >= 4 is 29.1 Å². The van der Waals surface area contributed by atoms with Crippen molar-refractivity contribution in [1.82, 2.24) is 19.8 Å². The van der Waals surface area contributed by atoms with E-state index in [0.29, 0.717) is 29.3 Å². The Kier molecular flexibility index (Phi) is 5.68. The van der Waals surface area contributed by atoms with Crippen molar-refractivity contribution < 1.29 is 4.79 Å². The lowest BCUT2D eigenvalue weighted by Crippen LogP contribution is -2.52. The standard InChI is InChI=1S/C29H36N6O2/c1-18-17-30-35(29(37)31-18)27-28(36)34(26-9-5-4-8-25(26)32-27)24-15-21-10-11-22(16-24)33(21)23-13-19-6-2-3-7-20(12-19)14-23/h4-5,8-9,17,19-24H,1-3,6-7,10-16H2,(H,31,37)/t19-,20+,21-,22+,23?,24?. The summed E-state index contributed by atoms with van der Waals surface area (Å²) in [5, 5.41) is 7.89. The van der Waals surface area contributed by atoms with Gasteiger partial charge in [-0.25, -0.2) is 9.78 Å². The monoisotopic (exact) mass is 500 g/mol. The number of hydrazone groups is 1. The first kappa shape index (κ1) is 23.1. The number of benzene rings is 1. The van der Waals surface area contributed by atoms with Crippen LogP contribution in [0.15, 0.2) is 46.4 Å². The lowest BCUT2D eigenvalue weighted by molar-refractivity contribution is 0.0204. The summed E-state index contributed by atoms with van der Waals surface area (Å²) in [4.78, 5) is 34.1. The van der Waals surface area contributed by atoms with Gasteiger partial charge >= 0.3 is 6.03 Å². The fourth-order valence-electron chi connectivity index (χ4n) is 8.30. The molecule has 4 fully saturated rings. The van der Waals surface area contributed by atoms with E-state index in [-0.39, 0.29) is 17.4 Å². The number of fused-ring (bicyclic) bond motifs is 5. The third-order valence-electron chi connectivity index (χ3n) is 9.67. The summed E-state index contributed by atoms with van der Waals surface area (Å²) < 4.78 is 1.92. The molecule has 0 radical (unpaired) electrons. The van der Waals surface area contributed by atoms with Gasteiger partial charge < -0.3 is 9.88 Å². The molecule has 2 unspecified atom stereocenters. The molecule has 3 aliphatic heterocycles. The molecule has 7 rings (SSSR count). The highest BCUT2D eigenvalue weighted by Gasteiger charge is 2.47. The third-order valence-corrected chi connectivity index (χ3v) is 9.67. The molecule has 1 aromatic heterocycles. The van der Waals surface area contributed by atoms with Crippen molar-refractivity contribution in [2.45, 2.75) is 94.8 Å². The zero-order valence-electron chi connectivity index (χ0n) is 21.4. The van der Waals surface area contributed by atoms with Gasteiger partial charge in [0.15, 0.2) is 0 Å². The topological polar surface area (TPSA) is 82.8 Å². The summed E-state index contributed by atoms with van der Waals surface area (Å²) in [6.45, 7) is 3.73. The van der Waals surface area contributed by atoms with Gasteiger partial charge in [0.25, 0.3) is 5.56 Å². The first-order chi connectivity index (χ1) is 18.0. The minimum Gasteiger partial charge on any atom is -0.305 e. The minimum absolute atomic E-state index is 0.0473. The van der Waals surface area contributed by atoms with E-state index in [2.05, 4.69) is 26.9 Å². The van der Waals surface area contributed by atoms with Crippen LogP contribution in [0.3, 0.4) is 0 Å². The highest BCUT2D eigenvalue weighted by atomic mass is 16.2. The van der Waals surface area contributed by atoms with Gasteiger partial charge in [0, 0.05) is 24.2 Å². The highest BCUT2D eigenvalue weighted by molar-refractivity contribution is 6.00. The van der Waals surface area contributed by atoms with Crippen molar-refractivity contribution in [2.24, 2.45) is 16.9 Å². The maximum atomic E-state index is 14.0. The summed E-state index contributed by atoms with van der Waals surface area (Å²) in [6, 6.07) is 9.11. The van der Waals surface area contributed by atoms with Crippen LogP contribution in [0.4, 0.5) is 10.6 Å².